The Balaban J connectivity index is 0.000000234. The highest BCUT2D eigenvalue weighted by Gasteiger charge is 2.49. The van der Waals surface area contributed by atoms with Gasteiger partial charge in [0.2, 0.25) is 59.1 Å². The minimum atomic E-state index is -1.44. The van der Waals surface area contributed by atoms with E-state index in [0.717, 1.165) is 33.4 Å². The normalized spacial score (nSPS) is 27.2. The van der Waals surface area contributed by atoms with Gasteiger partial charge in [0.25, 0.3) is 0 Å². The first-order valence-electron chi connectivity index (χ1n) is 38.8. The van der Waals surface area contributed by atoms with Crippen LogP contribution in [0.1, 0.15) is 159 Å². The number of nitrogens with one attached hydrogen (secondary N) is 7. The molecule has 8 aliphatic rings. The van der Waals surface area contributed by atoms with Crippen LogP contribution < -0.4 is 37.2 Å². The number of benzene rings is 3. The molecule has 0 bridgehead atoms. The van der Waals surface area contributed by atoms with Crippen molar-refractivity contribution in [3.63, 3.8) is 0 Å². The number of anilines is 1. The molecule has 110 heavy (non-hydrogen) atoms. The van der Waals surface area contributed by atoms with Crippen molar-refractivity contribution in [3.8, 4) is 0 Å². The van der Waals surface area contributed by atoms with Gasteiger partial charge in [0.1, 0.15) is 91.3 Å². The van der Waals surface area contributed by atoms with Crippen molar-refractivity contribution in [2.45, 2.75) is 244 Å². The maximum atomic E-state index is 14.5. The number of rotatable bonds is 11. The Kier molecular flexibility index (Phi) is 27.0. The van der Waals surface area contributed by atoms with Crippen molar-refractivity contribution in [3.05, 3.63) is 100 Å². The Morgan fingerprint density at radius 1 is 0.473 bits per heavy atom. The van der Waals surface area contributed by atoms with Crippen LogP contribution in [-0.4, -0.2) is 243 Å². The maximum Gasteiger partial charge on any atom is 0.408 e. The van der Waals surface area contributed by atoms with Gasteiger partial charge in [-0.05, 0) is 174 Å². The van der Waals surface area contributed by atoms with E-state index in [-0.39, 0.29) is 62.7 Å². The van der Waals surface area contributed by atoms with E-state index in [1.165, 1.54) is 29.4 Å². The molecule has 30 heteroatoms. The van der Waals surface area contributed by atoms with Crippen LogP contribution >= 0.6 is 0 Å². The van der Waals surface area contributed by atoms with E-state index < -0.39 is 163 Å². The smallest absolute Gasteiger partial charge is 0.408 e. The van der Waals surface area contributed by atoms with Crippen molar-refractivity contribution < 1.29 is 81.3 Å². The highest BCUT2D eigenvalue weighted by atomic mass is 16.6. The molecule has 0 aromatic heterocycles. The third-order valence-corrected chi connectivity index (χ3v) is 21.5. The number of carbonyl (C=O) groups is 14. The first kappa shape index (κ1) is 82.3. The van der Waals surface area contributed by atoms with Gasteiger partial charge in [0.05, 0.1) is 0 Å². The van der Waals surface area contributed by atoms with E-state index in [2.05, 4.69) is 37.2 Å². The van der Waals surface area contributed by atoms with Gasteiger partial charge in [0, 0.05) is 57.8 Å². The molecule has 0 unspecified atom stereocenters. The zero-order valence-corrected chi connectivity index (χ0v) is 65.1. The zero-order chi connectivity index (χ0) is 79.6. The van der Waals surface area contributed by atoms with Crippen molar-refractivity contribution in [1.29, 1.82) is 0 Å². The quantitative estimate of drug-likeness (QED) is 0.105. The largest absolute Gasteiger partial charge is 0.461 e. The standard InChI is InChI=1S/C41H53N7O8.C39H56N6O9/c1-24-17-25(2)19-28(18-24)21-30(45-41(55)43-29-11-6-5-7-12-29)35(49)44-31-23-56-40(54)34-20-26(3)22-48(34)37(51)27(4)42-36(50)32-13-8-9-15-46(32)39(53)33-14-10-16-47(33)38(31)52;1-22-15-23(2)17-26(16-22)19-27(42-38(52)54-39(5,6)7)32(46)41-28-21-53-37(51)31-18-24(3)20-45(31)34(48)25(4)40-33(47)29-11-8-9-13-43(29)36(50)30-12-10-14-44(30)35(28)49/h5-7,11-12,17-19,26-27,30-34H,8-10,13-16,20-23H2,1-4H3,(H,42,50)(H,44,49)(H2,43,45,55);15-17,24-25,27-31H,8-14,18-21H2,1-7H3,(H,40,47)(H,41,46)(H,42,52)/t26-,27+,30+,31+,32+,33+,34+;24-,25+,27+,28+,29+,30+,31+/m11/s1. The fourth-order valence-electron chi connectivity index (χ4n) is 16.5. The lowest BCUT2D eigenvalue weighted by Crippen LogP contribution is -2.62. The van der Waals surface area contributed by atoms with Crippen LogP contribution in [0.25, 0.3) is 0 Å². The number of piperidine rings is 2. The molecular formula is C80H109N13O17. The Labute approximate surface area is 642 Å². The lowest BCUT2D eigenvalue weighted by Gasteiger charge is -2.39. The highest BCUT2D eigenvalue weighted by molar-refractivity contribution is 6.00. The van der Waals surface area contributed by atoms with E-state index >= 15 is 0 Å². The number of carbonyl (C=O) groups excluding carboxylic acids is 14. The zero-order valence-electron chi connectivity index (χ0n) is 65.1. The number of nitrogens with zero attached hydrogens (tertiary/aromatic N) is 6. The van der Waals surface area contributed by atoms with Crippen molar-refractivity contribution in [2.24, 2.45) is 11.8 Å². The van der Waals surface area contributed by atoms with Crippen molar-refractivity contribution in [2.75, 3.05) is 57.8 Å². The molecule has 8 fully saturated rings. The Bertz CT molecular complexity index is 3940. The second kappa shape index (κ2) is 36.1. The van der Waals surface area contributed by atoms with Crippen LogP contribution in [-0.2, 0) is 84.6 Å². The second-order valence-corrected chi connectivity index (χ2v) is 32.1. The predicted octanol–water partition coefficient (Wildman–Crippen LogP) is 4.09. The van der Waals surface area contributed by atoms with Gasteiger partial charge >= 0.3 is 24.1 Å². The summed E-state index contributed by atoms with van der Waals surface area (Å²) in [6.45, 7) is 20.2. The summed E-state index contributed by atoms with van der Waals surface area (Å²) in [5, 5.41) is 19.2. The number of urea groups is 1. The molecule has 0 radical (unpaired) electrons. The number of amides is 13. The average molecular weight is 1520 g/mol. The first-order chi connectivity index (χ1) is 52.2. The lowest BCUT2D eigenvalue weighted by atomic mass is 9.99. The number of hydrogen-bond donors (Lipinski definition) is 7. The van der Waals surface area contributed by atoms with Crippen molar-refractivity contribution >= 4 is 88.8 Å². The molecule has 0 aliphatic carbocycles. The van der Waals surface area contributed by atoms with Gasteiger partial charge in [0.15, 0.2) is 0 Å². The van der Waals surface area contributed by atoms with E-state index in [1.807, 2.05) is 84.0 Å². The van der Waals surface area contributed by atoms with E-state index in [4.69, 9.17) is 14.2 Å². The molecule has 596 valence electrons. The van der Waals surface area contributed by atoms with Gasteiger partial charge in [-0.2, -0.15) is 0 Å². The summed E-state index contributed by atoms with van der Waals surface area (Å²) in [6, 6.07) is 7.11. The van der Waals surface area contributed by atoms with E-state index in [1.54, 1.807) is 58.9 Å². The molecule has 3 aromatic carbocycles. The average Bonchev–Trinajstić information content (AvgIpc) is 1.54. The number of hydrogen-bond acceptors (Lipinski definition) is 17. The molecule has 14 atom stereocenters. The summed E-state index contributed by atoms with van der Waals surface area (Å²) in [6.07, 6.45) is 5.22. The van der Waals surface area contributed by atoms with E-state index in [9.17, 15) is 67.1 Å². The Hall–Kier alpha value is -10.2. The summed E-state index contributed by atoms with van der Waals surface area (Å²) in [5.41, 5.74) is 5.05. The van der Waals surface area contributed by atoms with Crippen LogP contribution in [0.5, 0.6) is 0 Å². The van der Waals surface area contributed by atoms with Crippen LogP contribution in [0.2, 0.25) is 0 Å². The lowest BCUT2D eigenvalue weighted by molar-refractivity contribution is -0.158. The molecule has 8 saturated heterocycles. The molecule has 0 saturated carbocycles. The molecule has 0 spiro atoms. The molecule has 30 nitrogen and oxygen atoms in total. The monoisotopic (exact) mass is 1520 g/mol. The third kappa shape index (κ3) is 20.6. The molecule has 13 amide bonds. The topological polar surface area (TPSA) is 370 Å². The molecule has 3 aromatic rings. The Morgan fingerprint density at radius 3 is 1.26 bits per heavy atom. The molecule has 8 aliphatic heterocycles. The second-order valence-electron chi connectivity index (χ2n) is 32.1. The number of cyclic esters (lactones) is 2. The Morgan fingerprint density at radius 2 is 0.855 bits per heavy atom. The first-order valence-corrected chi connectivity index (χ1v) is 38.8. The fraction of sp³-hybridized carbons (Fsp3) is 0.600. The van der Waals surface area contributed by atoms with Crippen molar-refractivity contribution in [1.82, 2.24) is 61.3 Å². The van der Waals surface area contributed by atoms with Gasteiger partial charge in [-0.25, -0.2) is 19.2 Å². The van der Waals surface area contributed by atoms with Crippen LogP contribution in [0, 0.1) is 39.5 Å². The third-order valence-electron chi connectivity index (χ3n) is 21.5. The maximum absolute atomic E-state index is 14.5. The minimum absolute atomic E-state index is 0.0459. The number of fused-ring (bicyclic) bond motifs is 6. The molecule has 11 rings (SSSR count). The summed E-state index contributed by atoms with van der Waals surface area (Å²) in [7, 11) is 0. The highest BCUT2D eigenvalue weighted by Crippen LogP contribution is 2.32. The summed E-state index contributed by atoms with van der Waals surface area (Å²) in [5.74, 6) is -6.90. The summed E-state index contributed by atoms with van der Waals surface area (Å²) >= 11 is 0. The van der Waals surface area contributed by atoms with Gasteiger partial charge in [-0.3, -0.25) is 47.9 Å². The SMILES string of the molecule is Cc1cc(C)cc(C[C@H](NC(=O)Nc2ccccc2)C(=O)N[C@H]2COC(=O)[C@@H]3C[C@@H](C)CN3C(=O)[C@H](C)NC(=O)[C@@H]3CCCCN3C(=O)[C@@H]3CCCN3C2=O)c1.Cc1cc(C)cc(C[C@H](NC(=O)OC(C)(C)C)C(=O)N[C@H]2COC(=O)[C@@H]3C[C@@H](C)CN3C(=O)[C@H](C)NC(=O)[C@@H]3CCCCN3C(=O)[C@@H]3CCCN3C2=O)c1. The van der Waals surface area contributed by atoms with Gasteiger partial charge in [-0.1, -0.05) is 90.7 Å². The number of alkyl carbamates (subject to hydrolysis) is 1. The van der Waals surface area contributed by atoms with Crippen LogP contribution in [0.3, 0.4) is 0 Å². The number of aryl methyl sites for hydroxylation is 4. The summed E-state index contributed by atoms with van der Waals surface area (Å²) < 4.78 is 17.0. The van der Waals surface area contributed by atoms with Crippen LogP contribution in [0.15, 0.2) is 66.7 Å². The number of ether oxygens (including phenoxy) is 3. The number of esters is 2. The fourth-order valence-corrected chi connectivity index (χ4v) is 16.5. The number of para-hydroxylation sites is 1. The van der Waals surface area contributed by atoms with Gasteiger partial charge < -0.3 is 80.8 Å². The summed E-state index contributed by atoms with van der Waals surface area (Å²) in [4.78, 5) is 203. The predicted molar refractivity (Wildman–Crippen MR) is 403 cm³/mol. The van der Waals surface area contributed by atoms with Gasteiger partial charge in [-0.15, -0.1) is 0 Å². The molecule has 7 N–H and O–H groups in total. The van der Waals surface area contributed by atoms with E-state index in [0.29, 0.717) is 95.8 Å². The van der Waals surface area contributed by atoms with Crippen LogP contribution in [0.4, 0.5) is 15.3 Å². The molecular weight excluding hydrogens is 1410 g/mol. The molecule has 8 heterocycles. The minimum Gasteiger partial charge on any atom is -0.461 e.